The molecule has 0 aliphatic rings. The highest BCUT2D eigenvalue weighted by atomic mass is 32.1. The maximum atomic E-state index is 11.7. The van der Waals surface area contributed by atoms with Gasteiger partial charge < -0.3 is 15.4 Å². The number of rotatable bonds is 6. The number of anilines is 2. The molecule has 19 heavy (non-hydrogen) atoms. The Morgan fingerprint density at radius 3 is 2.89 bits per heavy atom. The van der Waals surface area contributed by atoms with E-state index in [0.29, 0.717) is 24.0 Å². The Morgan fingerprint density at radius 2 is 2.16 bits per heavy atom. The Hall–Kier alpha value is -1.92. The van der Waals surface area contributed by atoms with Crippen LogP contribution in [0.5, 0.6) is 0 Å². The monoisotopic (exact) mass is 277 g/mol. The topological polar surface area (TPSA) is 63.2 Å². The van der Waals surface area contributed by atoms with Crippen molar-refractivity contribution in [2.24, 2.45) is 0 Å². The molecule has 2 N–H and O–H groups in total. The number of nitrogens with one attached hydrogen (secondary N) is 2. The number of methoxy groups -OCH3 is 1. The number of nitrogens with zero attached hydrogens (tertiary/aromatic N) is 1. The molecule has 1 amide bonds. The zero-order chi connectivity index (χ0) is 13.5. The molecule has 0 atom stereocenters. The summed E-state index contributed by atoms with van der Waals surface area (Å²) in [5.41, 5.74) is 1.36. The summed E-state index contributed by atoms with van der Waals surface area (Å²) in [6.07, 6.45) is 0. The summed E-state index contributed by atoms with van der Waals surface area (Å²) in [5, 5.41) is 8.31. The van der Waals surface area contributed by atoms with Crippen molar-refractivity contribution in [2.75, 3.05) is 25.6 Å². The predicted molar refractivity (Wildman–Crippen MR) is 76.0 cm³/mol. The van der Waals surface area contributed by atoms with Crippen LogP contribution in [0.4, 0.5) is 10.8 Å². The molecule has 0 fully saturated rings. The molecule has 100 valence electrons. The highest BCUT2D eigenvalue weighted by Crippen LogP contribution is 2.20. The molecule has 1 aromatic heterocycles. The first-order chi connectivity index (χ1) is 9.29. The lowest BCUT2D eigenvalue weighted by Crippen LogP contribution is -2.27. The first kappa shape index (κ1) is 13.5. The van der Waals surface area contributed by atoms with E-state index in [-0.39, 0.29) is 5.91 Å². The average molecular weight is 277 g/mol. The highest BCUT2D eigenvalue weighted by molar-refractivity contribution is 7.14. The second-order valence-electron chi connectivity index (χ2n) is 3.78. The lowest BCUT2D eigenvalue weighted by atomic mass is 10.3. The Morgan fingerprint density at radius 1 is 1.37 bits per heavy atom. The molecule has 2 rings (SSSR count). The van der Waals surface area contributed by atoms with Crippen LogP contribution in [0.2, 0.25) is 0 Å². The molecule has 6 heteroatoms. The third-order valence-corrected chi connectivity index (χ3v) is 3.11. The molecule has 0 unspecified atom stereocenters. The number of aromatic nitrogens is 1. The summed E-state index contributed by atoms with van der Waals surface area (Å²) in [5.74, 6) is -0.186. The number of amides is 1. The normalized spacial score (nSPS) is 10.2. The van der Waals surface area contributed by atoms with Gasteiger partial charge in [-0.25, -0.2) is 4.98 Å². The summed E-state index contributed by atoms with van der Waals surface area (Å²) in [7, 11) is 1.59. The van der Waals surface area contributed by atoms with Gasteiger partial charge in [0.1, 0.15) is 5.69 Å². The fourth-order valence-electron chi connectivity index (χ4n) is 1.44. The number of thiazole rings is 1. The van der Waals surface area contributed by atoms with E-state index >= 15 is 0 Å². The van der Waals surface area contributed by atoms with Crippen LogP contribution in [0.3, 0.4) is 0 Å². The van der Waals surface area contributed by atoms with Gasteiger partial charge in [-0.05, 0) is 12.1 Å². The van der Waals surface area contributed by atoms with Crippen LogP contribution in [0, 0.1) is 0 Å². The summed E-state index contributed by atoms with van der Waals surface area (Å²) in [4.78, 5) is 16.0. The minimum atomic E-state index is -0.186. The maximum absolute atomic E-state index is 11.7. The van der Waals surface area contributed by atoms with Crippen LogP contribution < -0.4 is 10.6 Å². The number of hydrogen-bond donors (Lipinski definition) is 2. The number of benzene rings is 1. The average Bonchev–Trinajstić information content (AvgIpc) is 2.89. The zero-order valence-corrected chi connectivity index (χ0v) is 11.4. The molecule has 0 bridgehead atoms. The van der Waals surface area contributed by atoms with Crippen molar-refractivity contribution in [2.45, 2.75) is 0 Å². The fourth-order valence-corrected chi connectivity index (χ4v) is 2.15. The smallest absolute Gasteiger partial charge is 0.270 e. The molecule has 1 heterocycles. The van der Waals surface area contributed by atoms with Gasteiger partial charge in [0.05, 0.1) is 6.61 Å². The first-order valence-corrected chi connectivity index (χ1v) is 6.72. The lowest BCUT2D eigenvalue weighted by molar-refractivity contribution is 0.0933. The maximum Gasteiger partial charge on any atom is 0.270 e. The van der Waals surface area contributed by atoms with Gasteiger partial charge in [-0.1, -0.05) is 18.2 Å². The largest absolute Gasteiger partial charge is 0.383 e. The standard InChI is InChI=1S/C13H15N3O2S/c1-18-8-7-14-12(17)11-9-19-13(16-11)15-10-5-3-2-4-6-10/h2-6,9H,7-8H2,1H3,(H,14,17)(H,15,16). The van der Waals surface area contributed by atoms with E-state index in [9.17, 15) is 4.79 Å². The van der Waals surface area contributed by atoms with E-state index in [2.05, 4.69) is 15.6 Å². The fraction of sp³-hybridized carbons (Fsp3) is 0.231. The number of carbonyl (C=O) groups excluding carboxylic acids is 1. The molecule has 0 saturated heterocycles. The van der Waals surface area contributed by atoms with Crippen molar-refractivity contribution in [3.8, 4) is 0 Å². The van der Waals surface area contributed by atoms with Crippen molar-refractivity contribution < 1.29 is 9.53 Å². The Bertz CT molecular complexity index is 528. The van der Waals surface area contributed by atoms with E-state index in [1.807, 2.05) is 30.3 Å². The zero-order valence-electron chi connectivity index (χ0n) is 10.6. The number of hydrogen-bond acceptors (Lipinski definition) is 5. The molecule has 5 nitrogen and oxygen atoms in total. The second kappa shape index (κ2) is 6.86. The van der Waals surface area contributed by atoms with Crippen molar-refractivity contribution in [3.05, 3.63) is 41.4 Å². The summed E-state index contributed by atoms with van der Waals surface area (Å²) >= 11 is 1.40. The van der Waals surface area contributed by atoms with E-state index in [4.69, 9.17) is 4.74 Å². The van der Waals surface area contributed by atoms with Crippen LogP contribution in [0.25, 0.3) is 0 Å². The van der Waals surface area contributed by atoms with Gasteiger partial charge in [0, 0.05) is 24.7 Å². The molecule has 0 spiro atoms. The Labute approximate surface area is 115 Å². The first-order valence-electron chi connectivity index (χ1n) is 5.84. The van der Waals surface area contributed by atoms with Gasteiger partial charge in [0.15, 0.2) is 5.13 Å². The van der Waals surface area contributed by atoms with Crippen LogP contribution in [0.15, 0.2) is 35.7 Å². The molecular weight excluding hydrogens is 262 g/mol. The second-order valence-corrected chi connectivity index (χ2v) is 4.64. The van der Waals surface area contributed by atoms with Gasteiger partial charge in [0.25, 0.3) is 5.91 Å². The van der Waals surface area contributed by atoms with Gasteiger partial charge in [-0.15, -0.1) is 11.3 Å². The van der Waals surface area contributed by atoms with E-state index in [0.717, 1.165) is 5.69 Å². The van der Waals surface area contributed by atoms with Gasteiger partial charge >= 0.3 is 0 Å². The number of para-hydroxylation sites is 1. The molecule has 1 aromatic carbocycles. The Kier molecular flexibility index (Phi) is 4.88. The molecule has 0 aliphatic heterocycles. The molecular formula is C13H15N3O2S. The lowest BCUT2D eigenvalue weighted by Gasteiger charge is -2.02. The minimum Gasteiger partial charge on any atom is -0.383 e. The highest BCUT2D eigenvalue weighted by Gasteiger charge is 2.09. The van der Waals surface area contributed by atoms with E-state index in [1.54, 1.807) is 12.5 Å². The SMILES string of the molecule is COCCNC(=O)c1csc(Nc2ccccc2)n1. The quantitative estimate of drug-likeness (QED) is 0.795. The third-order valence-electron chi connectivity index (χ3n) is 2.35. The van der Waals surface area contributed by atoms with Gasteiger partial charge in [-0.2, -0.15) is 0 Å². The van der Waals surface area contributed by atoms with E-state index in [1.165, 1.54) is 11.3 Å². The summed E-state index contributed by atoms with van der Waals surface area (Å²) < 4.78 is 4.87. The van der Waals surface area contributed by atoms with Crippen LogP contribution in [-0.2, 0) is 4.74 Å². The predicted octanol–water partition coefficient (Wildman–Crippen LogP) is 2.26. The summed E-state index contributed by atoms with van der Waals surface area (Å²) in [6, 6.07) is 9.71. The van der Waals surface area contributed by atoms with Gasteiger partial charge in [0.2, 0.25) is 0 Å². The van der Waals surface area contributed by atoms with Crippen molar-refractivity contribution in [1.82, 2.24) is 10.3 Å². The van der Waals surface area contributed by atoms with Crippen LogP contribution in [0.1, 0.15) is 10.5 Å². The molecule has 2 aromatic rings. The molecule has 0 radical (unpaired) electrons. The van der Waals surface area contributed by atoms with Crippen LogP contribution >= 0.6 is 11.3 Å². The molecule has 0 aliphatic carbocycles. The van der Waals surface area contributed by atoms with Gasteiger partial charge in [-0.3, -0.25) is 4.79 Å². The molecule has 0 saturated carbocycles. The van der Waals surface area contributed by atoms with E-state index < -0.39 is 0 Å². The number of ether oxygens (including phenoxy) is 1. The van der Waals surface area contributed by atoms with Crippen molar-refractivity contribution >= 4 is 28.1 Å². The Balaban J connectivity index is 1.93. The van der Waals surface area contributed by atoms with Crippen LogP contribution in [-0.4, -0.2) is 31.2 Å². The van der Waals surface area contributed by atoms with Crippen molar-refractivity contribution in [3.63, 3.8) is 0 Å². The summed E-state index contributed by atoms with van der Waals surface area (Å²) in [6.45, 7) is 0.972. The van der Waals surface area contributed by atoms with Crippen molar-refractivity contribution in [1.29, 1.82) is 0 Å². The minimum absolute atomic E-state index is 0.186. The number of carbonyl (C=O) groups is 1. The third kappa shape index (κ3) is 4.04.